The molecule has 4 aromatic carbocycles. The fourth-order valence-corrected chi connectivity index (χ4v) is 11.1. The minimum absolute atomic E-state index is 0.781. The minimum Gasteiger partial charge on any atom is -0.334 e. The van der Waals surface area contributed by atoms with Crippen molar-refractivity contribution in [3.63, 3.8) is 0 Å². The van der Waals surface area contributed by atoms with Gasteiger partial charge in [-0.15, -0.1) is 0 Å². The Morgan fingerprint density at radius 1 is 0.380 bits per heavy atom. The summed E-state index contributed by atoms with van der Waals surface area (Å²) >= 11 is 0. The van der Waals surface area contributed by atoms with E-state index in [2.05, 4.69) is 237 Å². The molecule has 362 valence electrons. The predicted octanol–water partition coefficient (Wildman–Crippen LogP) is 13.1. The molecule has 0 aliphatic carbocycles. The van der Waals surface area contributed by atoms with Crippen LogP contribution in [0, 0.1) is 96.9 Å². The van der Waals surface area contributed by atoms with Gasteiger partial charge in [-0.1, -0.05) is 60.7 Å². The molecule has 9 rings (SSSR count). The van der Waals surface area contributed by atoms with Crippen LogP contribution in [0.15, 0.2) is 109 Å². The van der Waals surface area contributed by atoms with E-state index in [1.807, 2.05) is 0 Å². The molecule has 0 spiro atoms. The van der Waals surface area contributed by atoms with Gasteiger partial charge in [-0.3, -0.25) is 4.98 Å². The van der Waals surface area contributed by atoms with Gasteiger partial charge in [0.15, 0.2) is 47.3 Å². The summed E-state index contributed by atoms with van der Waals surface area (Å²) in [6.45, 7) is 34.5. The van der Waals surface area contributed by atoms with Gasteiger partial charge in [0.05, 0.1) is 22.7 Å². The smallest absolute Gasteiger partial charge is 0.181 e. The van der Waals surface area contributed by atoms with E-state index < -0.39 is 0 Å². The van der Waals surface area contributed by atoms with Crippen molar-refractivity contribution in [1.82, 2.24) is 4.98 Å². The maximum absolute atomic E-state index is 4.70. The van der Waals surface area contributed by atoms with Crippen LogP contribution < -0.4 is 23.5 Å². The van der Waals surface area contributed by atoms with Gasteiger partial charge in [-0.25, -0.2) is 4.57 Å². The Morgan fingerprint density at radius 2 is 0.761 bits per heavy atom. The van der Waals surface area contributed by atoms with E-state index in [-0.39, 0.29) is 0 Å². The van der Waals surface area contributed by atoms with Gasteiger partial charge in [-0.05, 0) is 149 Å². The lowest BCUT2D eigenvalue weighted by atomic mass is 9.95. The molecule has 71 heavy (non-hydrogen) atoms. The zero-order valence-corrected chi connectivity index (χ0v) is 45.3. The molecule has 0 unspecified atom stereocenters. The summed E-state index contributed by atoms with van der Waals surface area (Å²) in [5.74, 6) is 0. The number of fused-ring (bicyclic) bond motifs is 2. The fourth-order valence-electron chi connectivity index (χ4n) is 11.1. The lowest BCUT2D eigenvalue weighted by Gasteiger charge is -2.41. The lowest BCUT2D eigenvalue weighted by molar-refractivity contribution is -0.700. The average Bonchev–Trinajstić information content (AvgIpc) is 3.34. The highest BCUT2D eigenvalue weighted by Crippen LogP contribution is 2.50. The Morgan fingerprint density at radius 3 is 1.21 bits per heavy atom. The number of nitrogens with zero attached hydrogens (tertiary/aromatic N) is 6. The fraction of sp³-hybridized carbons (Fsp3) is 0.323. The summed E-state index contributed by atoms with van der Waals surface area (Å²) in [6, 6.07) is 42.0. The number of hydrogen-bond acceptors (Lipinski definition) is 3. The van der Waals surface area contributed by atoms with E-state index in [1.165, 1.54) is 135 Å². The van der Waals surface area contributed by atoms with E-state index in [0.717, 1.165) is 50.4 Å². The summed E-state index contributed by atoms with van der Waals surface area (Å²) in [4.78, 5) is 9.76. The second-order valence-electron chi connectivity index (χ2n) is 21.1. The van der Waals surface area contributed by atoms with Crippen molar-refractivity contribution in [3.8, 4) is 0 Å². The highest BCUT2D eigenvalue weighted by Gasteiger charge is 2.30. The van der Waals surface area contributed by atoms with Crippen LogP contribution in [-0.2, 0) is 46.1 Å². The molecule has 6 nitrogen and oxygen atoms in total. The molecule has 0 radical (unpaired) electrons. The summed E-state index contributed by atoms with van der Waals surface area (Å²) in [5.41, 5.74) is 33.8. The van der Waals surface area contributed by atoms with Crippen LogP contribution in [-0.4, -0.2) is 4.98 Å². The van der Waals surface area contributed by atoms with E-state index in [9.17, 15) is 0 Å². The molecule has 1 aliphatic rings. The summed E-state index contributed by atoms with van der Waals surface area (Å²) < 4.78 is 7.26. The summed E-state index contributed by atoms with van der Waals surface area (Å²) in [5, 5.41) is 0. The third-order valence-corrected chi connectivity index (χ3v) is 16.3. The van der Waals surface area contributed by atoms with Crippen molar-refractivity contribution in [2.75, 3.05) is 9.80 Å². The van der Waals surface area contributed by atoms with Crippen molar-refractivity contribution in [2.45, 2.75) is 136 Å². The summed E-state index contributed by atoms with van der Waals surface area (Å²) in [7, 11) is 2.16. The first-order chi connectivity index (χ1) is 33.8. The highest BCUT2D eigenvalue weighted by molar-refractivity contribution is 5.93. The normalized spacial score (nSPS) is 12.2. The molecule has 5 heterocycles. The molecule has 0 atom stereocenters. The number of anilines is 4. The molecule has 0 amide bonds. The van der Waals surface area contributed by atoms with Crippen molar-refractivity contribution in [1.29, 1.82) is 0 Å². The zero-order chi connectivity index (χ0) is 50.6. The Bertz CT molecular complexity index is 3310. The van der Waals surface area contributed by atoms with E-state index >= 15 is 0 Å². The number of aryl methyl sites for hydroxylation is 7. The van der Waals surface area contributed by atoms with Gasteiger partial charge in [0.25, 0.3) is 0 Å². The third kappa shape index (κ3) is 9.79. The van der Waals surface area contributed by atoms with Crippen molar-refractivity contribution in [3.05, 3.63) is 233 Å². The predicted molar refractivity (Wildman–Crippen MR) is 293 cm³/mol. The van der Waals surface area contributed by atoms with Gasteiger partial charge < -0.3 is 9.80 Å². The molecule has 0 saturated heterocycles. The first-order valence-electron chi connectivity index (χ1n) is 25.7. The number of pyridine rings is 4. The van der Waals surface area contributed by atoms with Crippen molar-refractivity contribution < 1.29 is 13.7 Å². The molecule has 4 aromatic heterocycles. The second-order valence-corrected chi connectivity index (χ2v) is 21.1. The van der Waals surface area contributed by atoms with Crippen molar-refractivity contribution >= 4 is 22.7 Å². The van der Waals surface area contributed by atoms with Gasteiger partial charge in [0.1, 0.15) is 7.05 Å². The first-order valence-corrected chi connectivity index (χ1v) is 25.7. The Balaban J connectivity index is 0.926. The zero-order valence-electron chi connectivity index (χ0n) is 45.3. The molecule has 1 aliphatic heterocycles. The first kappa shape index (κ1) is 49.1. The molecular weight excluding hydrogens is 865 g/mol. The maximum atomic E-state index is 4.70. The molecule has 0 N–H and O–H groups in total. The molecular formula is C65H75N6+3. The second kappa shape index (κ2) is 19.7. The van der Waals surface area contributed by atoms with Crippen LogP contribution in [0.5, 0.6) is 0 Å². The number of aromatic nitrogens is 4. The Labute approximate surface area is 425 Å². The van der Waals surface area contributed by atoms with E-state index in [1.54, 1.807) is 0 Å². The van der Waals surface area contributed by atoms with E-state index in [4.69, 9.17) is 4.98 Å². The van der Waals surface area contributed by atoms with Gasteiger partial charge in [0.2, 0.25) is 0 Å². The molecule has 8 aromatic rings. The van der Waals surface area contributed by atoms with Crippen LogP contribution >= 0.6 is 0 Å². The SMILES string of the molecule is Cc1ccc2c(c1)N(Cc1ccc(C[n+]3c(C)cc(Cc4cc(C)nc(C)c4C)c(C)c3C)cc1)c1cc(C)ccc1N2Cc1ccc(C[n+]2c(C)cc(Cc3cc(C)[n+](C)c(C)c3C)c(C)c2C)cc1. The number of benzene rings is 4. The minimum atomic E-state index is 0.781. The van der Waals surface area contributed by atoms with Gasteiger partial charge in [-0.2, -0.15) is 9.13 Å². The largest absolute Gasteiger partial charge is 0.334 e. The van der Waals surface area contributed by atoms with Crippen LogP contribution in [0.4, 0.5) is 22.7 Å². The lowest BCUT2D eigenvalue weighted by Crippen LogP contribution is -2.42. The maximum Gasteiger partial charge on any atom is 0.181 e. The third-order valence-electron chi connectivity index (χ3n) is 16.3. The molecule has 6 heteroatoms. The van der Waals surface area contributed by atoms with Crippen LogP contribution in [0.1, 0.15) is 123 Å². The number of hydrogen-bond donors (Lipinski definition) is 0. The molecule has 0 bridgehead atoms. The quantitative estimate of drug-likeness (QED) is 0.114. The molecule has 0 saturated carbocycles. The van der Waals surface area contributed by atoms with Gasteiger partial charge >= 0.3 is 0 Å². The molecule has 0 fully saturated rings. The standard InChI is InChI=1S/C65H75N6/c1-40-16-26-62-64(28-40)71(39-57-24-20-55(21-25-57)37-68-44(5)32-60(48(9)52(68)13)34-58-30-42(3)66-50(11)46(58)7)65-29-41(2)17-27-63(65)70(62)38-56-22-18-54(19-23-56)36-69-45(6)33-61(49(10)53(69)14)35-59-31-43(4)67(15)51(12)47(59)8/h16-33H,34-39H2,1-15H3/q+3. The number of rotatable bonds is 12. The van der Waals surface area contributed by atoms with Crippen LogP contribution in [0.3, 0.4) is 0 Å². The van der Waals surface area contributed by atoms with Crippen LogP contribution in [0.2, 0.25) is 0 Å². The van der Waals surface area contributed by atoms with Gasteiger partial charge in [0, 0.05) is 112 Å². The topological polar surface area (TPSA) is 31.0 Å². The average molecular weight is 940 g/mol. The highest BCUT2D eigenvalue weighted by atomic mass is 15.3. The van der Waals surface area contributed by atoms with E-state index in [0.29, 0.717) is 0 Å². The Hall–Kier alpha value is -6.92. The van der Waals surface area contributed by atoms with Crippen molar-refractivity contribution in [2.24, 2.45) is 7.05 Å². The van der Waals surface area contributed by atoms with Crippen LogP contribution in [0.25, 0.3) is 0 Å². The Kier molecular flexibility index (Phi) is 13.6. The summed E-state index contributed by atoms with van der Waals surface area (Å²) in [6.07, 6.45) is 1.88. The monoisotopic (exact) mass is 940 g/mol.